The highest BCUT2D eigenvalue weighted by Crippen LogP contribution is 2.24. The number of carbonyl (C=O) groups is 3. The molecule has 1 fully saturated rings. The van der Waals surface area contributed by atoms with E-state index in [1.807, 2.05) is 48.5 Å². The number of hydrogen-bond acceptors (Lipinski definition) is 3. The summed E-state index contributed by atoms with van der Waals surface area (Å²) >= 11 is 6.16. The van der Waals surface area contributed by atoms with Crippen molar-refractivity contribution in [1.82, 2.24) is 15.5 Å². The molecule has 3 rings (SSSR count). The highest BCUT2D eigenvalue weighted by molar-refractivity contribution is 6.31. The standard InChI is InChI=1S/C22H24ClN3O3/c1-15(17-10-6-7-11-18(17)23)24-19(27)14-26-20(28)22(2,25-21(26)29)13-12-16-8-4-3-5-9-16/h3-11,15H,12-14H2,1-2H3,(H,24,27)(H,25,29)/t15-,22-/m0/s1. The normalized spacial score (nSPS) is 19.8. The van der Waals surface area contributed by atoms with Gasteiger partial charge in [-0.05, 0) is 43.9 Å². The van der Waals surface area contributed by atoms with E-state index in [2.05, 4.69) is 10.6 Å². The molecule has 0 aliphatic carbocycles. The van der Waals surface area contributed by atoms with Gasteiger partial charge >= 0.3 is 6.03 Å². The Hall–Kier alpha value is -2.86. The van der Waals surface area contributed by atoms with E-state index in [0.717, 1.165) is 16.0 Å². The fraction of sp³-hybridized carbons (Fsp3) is 0.318. The number of hydrogen-bond donors (Lipinski definition) is 2. The number of imide groups is 1. The van der Waals surface area contributed by atoms with Crippen molar-refractivity contribution >= 4 is 29.4 Å². The van der Waals surface area contributed by atoms with Gasteiger partial charge in [-0.3, -0.25) is 14.5 Å². The third-order valence-electron chi connectivity index (χ3n) is 5.15. The van der Waals surface area contributed by atoms with Crippen LogP contribution in [0.15, 0.2) is 54.6 Å². The third-order valence-corrected chi connectivity index (χ3v) is 5.50. The van der Waals surface area contributed by atoms with Gasteiger partial charge in [-0.15, -0.1) is 0 Å². The number of aryl methyl sites for hydroxylation is 1. The number of halogens is 1. The minimum absolute atomic E-state index is 0.333. The fourth-order valence-electron chi connectivity index (χ4n) is 3.43. The van der Waals surface area contributed by atoms with E-state index in [-0.39, 0.29) is 18.5 Å². The second kappa shape index (κ2) is 8.66. The first-order valence-corrected chi connectivity index (χ1v) is 9.90. The Kier molecular flexibility index (Phi) is 6.23. The number of benzene rings is 2. The number of urea groups is 1. The highest BCUT2D eigenvalue weighted by atomic mass is 35.5. The van der Waals surface area contributed by atoms with Crippen LogP contribution in [0.3, 0.4) is 0 Å². The van der Waals surface area contributed by atoms with Crippen molar-refractivity contribution in [2.24, 2.45) is 0 Å². The lowest BCUT2D eigenvalue weighted by molar-refractivity contribution is -0.134. The van der Waals surface area contributed by atoms with Gasteiger partial charge in [-0.1, -0.05) is 60.1 Å². The minimum atomic E-state index is -1.03. The maximum absolute atomic E-state index is 12.8. The number of amides is 4. The monoisotopic (exact) mass is 413 g/mol. The van der Waals surface area contributed by atoms with Crippen LogP contribution in [0.4, 0.5) is 4.79 Å². The lowest BCUT2D eigenvalue weighted by Gasteiger charge is -2.22. The Balaban J connectivity index is 1.60. The van der Waals surface area contributed by atoms with Crippen LogP contribution in [0, 0.1) is 0 Å². The summed E-state index contributed by atoms with van der Waals surface area (Å²) in [6, 6.07) is 16.1. The molecule has 2 atom stereocenters. The Bertz CT molecular complexity index is 919. The highest BCUT2D eigenvalue weighted by Gasteiger charge is 2.47. The molecular formula is C22H24ClN3O3. The molecule has 152 valence electrons. The first-order chi connectivity index (χ1) is 13.8. The van der Waals surface area contributed by atoms with Crippen LogP contribution in [0.25, 0.3) is 0 Å². The zero-order valence-corrected chi connectivity index (χ0v) is 17.2. The molecule has 2 aromatic carbocycles. The van der Waals surface area contributed by atoms with Crippen LogP contribution in [0.2, 0.25) is 5.02 Å². The van der Waals surface area contributed by atoms with Crippen LogP contribution in [0.1, 0.15) is 37.4 Å². The molecule has 1 aliphatic heterocycles. The number of nitrogens with zero attached hydrogens (tertiary/aromatic N) is 1. The molecule has 29 heavy (non-hydrogen) atoms. The van der Waals surface area contributed by atoms with Gasteiger partial charge in [0.2, 0.25) is 5.91 Å². The topological polar surface area (TPSA) is 78.5 Å². The Morgan fingerprint density at radius 2 is 1.79 bits per heavy atom. The summed E-state index contributed by atoms with van der Waals surface area (Å²) in [6.45, 7) is 3.16. The van der Waals surface area contributed by atoms with Gasteiger partial charge in [0.05, 0.1) is 6.04 Å². The Morgan fingerprint density at radius 1 is 1.14 bits per heavy atom. The molecule has 1 saturated heterocycles. The molecule has 0 unspecified atom stereocenters. The van der Waals surface area contributed by atoms with E-state index in [9.17, 15) is 14.4 Å². The molecule has 4 amide bonds. The van der Waals surface area contributed by atoms with Gasteiger partial charge < -0.3 is 10.6 Å². The second-order valence-electron chi connectivity index (χ2n) is 7.45. The predicted octanol–water partition coefficient (Wildman–Crippen LogP) is 3.46. The van der Waals surface area contributed by atoms with E-state index in [1.54, 1.807) is 19.9 Å². The molecule has 0 aromatic heterocycles. The van der Waals surface area contributed by atoms with Crippen molar-refractivity contribution < 1.29 is 14.4 Å². The number of nitrogens with one attached hydrogen (secondary N) is 2. The van der Waals surface area contributed by atoms with Crippen molar-refractivity contribution in [3.63, 3.8) is 0 Å². The van der Waals surface area contributed by atoms with Gasteiger partial charge in [0.25, 0.3) is 5.91 Å². The zero-order chi connectivity index (χ0) is 21.0. The maximum atomic E-state index is 12.8. The average molecular weight is 414 g/mol. The summed E-state index contributed by atoms with van der Waals surface area (Å²) in [6.07, 6.45) is 1.10. The lowest BCUT2D eigenvalue weighted by atomic mass is 9.93. The quantitative estimate of drug-likeness (QED) is 0.682. The van der Waals surface area contributed by atoms with E-state index < -0.39 is 17.5 Å². The van der Waals surface area contributed by atoms with Gasteiger partial charge in [-0.25, -0.2) is 4.79 Å². The van der Waals surface area contributed by atoms with E-state index >= 15 is 0 Å². The van der Waals surface area contributed by atoms with Crippen molar-refractivity contribution in [1.29, 1.82) is 0 Å². The predicted molar refractivity (Wildman–Crippen MR) is 111 cm³/mol. The molecular weight excluding hydrogens is 390 g/mol. The van der Waals surface area contributed by atoms with Crippen LogP contribution < -0.4 is 10.6 Å². The second-order valence-corrected chi connectivity index (χ2v) is 7.86. The van der Waals surface area contributed by atoms with Crippen molar-refractivity contribution in [2.45, 2.75) is 38.3 Å². The van der Waals surface area contributed by atoms with Gasteiger partial charge in [0.15, 0.2) is 0 Å². The summed E-state index contributed by atoms with van der Waals surface area (Å²) in [5.41, 5.74) is 0.828. The number of carbonyl (C=O) groups excluding carboxylic acids is 3. The molecule has 0 radical (unpaired) electrons. The van der Waals surface area contributed by atoms with Crippen molar-refractivity contribution in [2.75, 3.05) is 6.54 Å². The molecule has 0 bridgehead atoms. The Morgan fingerprint density at radius 3 is 2.48 bits per heavy atom. The number of rotatable bonds is 7. The first kappa shape index (κ1) is 20.9. The molecule has 1 heterocycles. The summed E-state index contributed by atoms with van der Waals surface area (Å²) < 4.78 is 0. The van der Waals surface area contributed by atoms with E-state index in [0.29, 0.717) is 17.9 Å². The third kappa shape index (κ3) is 4.77. The maximum Gasteiger partial charge on any atom is 0.325 e. The molecule has 0 saturated carbocycles. The summed E-state index contributed by atoms with van der Waals surface area (Å²) in [5, 5.41) is 6.07. The van der Waals surface area contributed by atoms with E-state index in [4.69, 9.17) is 11.6 Å². The van der Waals surface area contributed by atoms with Gasteiger partial charge in [0.1, 0.15) is 12.1 Å². The van der Waals surface area contributed by atoms with Crippen LogP contribution >= 0.6 is 11.6 Å². The molecule has 2 aromatic rings. The zero-order valence-electron chi connectivity index (χ0n) is 16.4. The minimum Gasteiger partial charge on any atom is -0.348 e. The summed E-state index contributed by atoms with van der Waals surface area (Å²) in [4.78, 5) is 38.6. The van der Waals surface area contributed by atoms with Crippen LogP contribution in [-0.4, -0.2) is 34.8 Å². The Labute approximate surface area is 175 Å². The summed E-state index contributed by atoms with van der Waals surface area (Å²) in [7, 11) is 0. The molecule has 0 spiro atoms. The molecule has 2 N–H and O–H groups in total. The van der Waals surface area contributed by atoms with E-state index in [1.165, 1.54) is 0 Å². The summed E-state index contributed by atoms with van der Waals surface area (Å²) in [5.74, 6) is -0.813. The lowest BCUT2D eigenvalue weighted by Crippen LogP contribution is -2.45. The SMILES string of the molecule is C[C@H](NC(=O)CN1C(=O)N[C@@](C)(CCc2ccccc2)C1=O)c1ccccc1Cl. The molecule has 7 heteroatoms. The average Bonchev–Trinajstić information content (AvgIpc) is 2.91. The fourth-order valence-corrected chi connectivity index (χ4v) is 3.73. The van der Waals surface area contributed by atoms with Crippen molar-refractivity contribution in [3.8, 4) is 0 Å². The van der Waals surface area contributed by atoms with Gasteiger partial charge in [-0.2, -0.15) is 0 Å². The molecule has 6 nitrogen and oxygen atoms in total. The van der Waals surface area contributed by atoms with Crippen LogP contribution in [0.5, 0.6) is 0 Å². The van der Waals surface area contributed by atoms with Crippen LogP contribution in [-0.2, 0) is 16.0 Å². The largest absolute Gasteiger partial charge is 0.348 e. The smallest absolute Gasteiger partial charge is 0.325 e. The first-order valence-electron chi connectivity index (χ1n) is 9.52. The molecule has 1 aliphatic rings. The van der Waals surface area contributed by atoms with Crippen molar-refractivity contribution in [3.05, 3.63) is 70.7 Å². The van der Waals surface area contributed by atoms with Gasteiger partial charge in [0, 0.05) is 5.02 Å².